The quantitative estimate of drug-likeness (QED) is 0.181. The zero-order chi connectivity index (χ0) is 30.6. The summed E-state index contributed by atoms with van der Waals surface area (Å²) in [5.74, 6) is 1.68. The Hall–Kier alpha value is -4.68. The summed E-state index contributed by atoms with van der Waals surface area (Å²) >= 11 is 0. The molecule has 1 aliphatic heterocycles. The number of fused-ring (bicyclic) bond motifs is 1. The van der Waals surface area contributed by atoms with E-state index < -0.39 is 5.54 Å². The van der Waals surface area contributed by atoms with Gasteiger partial charge >= 0.3 is 0 Å². The number of aromatic nitrogens is 3. The first-order valence-corrected chi connectivity index (χ1v) is 14.9. The lowest BCUT2D eigenvalue weighted by molar-refractivity contribution is -0.127. The van der Waals surface area contributed by atoms with Gasteiger partial charge in [-0.3, -0.25) is 9.69 Å². The second kappa shape index (κ2) is 12.7. The summed E-state index contributed by atoms with van der Waals surface area (Å²) in [4.78, 5) is 26.6. The SMILES string of the molecule is CCN(CC)C(C)(C)/C=C(\C#N)C(=O)N1CCC[C@@H]1Cn1cc(-c2ccc(Oc3ccccc3)cc2)c2c(N)ncnc21. The Morgan fingerprint density at radius 3 is 2.49 bits per heavy atom. The third kappa shape index (κ3) is 6.25. The van der Waals surface area contributed by atoms with Crippen LogP contribution in [0.25, 0.3) is 22.2 Å². The van der Waals surface area contributed by atoms with Crippen molar-refractivity contribution < 1.29 is 9.53 Å². The van der Waals surface area contributed by atoms with E-state index in [0.29, 0.717) is 24.6 Å². The van der Waals surface area contributed by atoms with E-state index in [9.17, 15) is 10.1 Å². The van der Waals surface area contributed by atoms with Gasteiger partial charge in [-0.25, -0.2) is 9.97 Å². The number of benzene rings is 2. The summed E-state index contributed by atoms with van der Waals surface area (Å²) < 4.78 is 8.03. The molecule has 3 heterocycles. The van der Waals surface area contributed by atoms with Gasteiger partial charge in [-0.2, -0.15) is 5.26 Å². The number of hydrogen-bond donors (Lipinski definition) is 1. The summed E-state index contributed by atoms with van der Waals surface area (Å²) in [6.07, 6.45) is 7.04. The van der Waals surface area contributed by atoms with E-state index in [2.05, 4.69) is 39.4 Å². The van der Waals surface area contributed by atoms with Gasteiger partial charge in [0.2, 0.25) is 0 Å². The smallest absolute Gasteiger partial charge is 0.264 e. The number of likely N-dealkylation sites (tertiary alicyclic amines) is 1. The predicted octanol–water partition coefficient (Wildman–Crippen LogP) is 6.03. The Balaban J connectivity index is 1.42. The molecule has 0 radical (unpaired) electrons. The van der Waals surface area contributed by atoms with Gasteiger partial charge in [-0.1, -0.05) is 44.2 Å². The molecule has 0 spiro atoms. The van der Waals surface area contributed by atoms with E-state index in [1.807, 2.05) is 85.6 Å². The minimum absolute atomic E-state index is 0.0814. The number of nitrogen functional groups attached to an aromatic ring is 1. The zero-order valence-electron chi connectivity index (χ0n) is 25.3. The van der Waals surface area contributed by atoms with E-state index in [-0.39, 0.29) is 17.5 Å². The molecule has 0 aliphatic carbocycles. The molecule has 0 unspecified atom stereocenters. The van der Waals surface area contributed by atoms with Crippen molar-refractivity contribution in [1.29, 1.82) is 5.26 Å². The number of para-hydroxylation sites is 1. The van der Waals surface area contributed by atoms with Gasteiger partial charge in [-0.05, 0) is 75.7 Å². The van der Waals surface area contributed by atoms with Crippen LogP contribution in [-0.2, 0) is 11.3 Å². The average molecular weight is 578 g/mol. The van der Waals surface area contributed by atoms with Crippen LogP contribution in [0.5, 0.6) is 11.5 Å². The third-order valence-corrected chi connectivity index (χ3v) is 8.30. The van der Waals surface area contributed by atoms with Crippen molar-refractivity contribution in [2.24, 2.45) is 0 Å². The molecule has 5 rings (SSSR count). The van der Waals surface area contributed by atoms with E-state index in [1.165, 1.54) is 6.33 Å². The number of amides is 1. The molecule has 9 nitrogen and oxygen atoms in total. The van der Waals surface area contributed by atoms with Crippen LogP contribution in [0.15, 0.2) is 78.8 Å². The second-order valence-electron chi connectivity index (χ2n) is 11.4. The molecule has 2 N–H and O–H groups in total. The highest BCUT2D eigenvalue weighted by Gasteiger charge is 2.33. The van der Waals surface area contributed by atoms with Crippen LogP contribution >= 0.6 is 0 Å². The number of nitriles is 1. The van der Waals surface area contributed by atoms with Crippen molar-refractivity contribution in [1.82, 2.24) is 24.3 Å². The third-order valence-electron chi connectivity index (χ3n) is 8.30. The monoisotopic (exact) mass is 577 g/mol. The van der Waals surface area contributed by atoms with Crippen molar-refractivity contribution in [3.05, 3.63) is 78.8 Å². The van der Waals surface area contributed by atoms with Gasteiger partial charge in [0.05, 0.1) is 11.4 Å². The van der Waals surface area contributed by atoms with Crippen LogP contribution in [0.3, 0.4) is 0 Å². The molecule has 1 atom stereocenters. The molecule has 222 valence electrons. The van der Waals surface area contributed by atoms with Crippen molar-refractivity contribution in [3.63, 3.8) is 0 Å². The largest absolute Gasteiger partial charge is 0.457 e. The molecule has 1 saturated heterocycles. The van der Waals surface area contributed by atoms with Gasteiger partial charge in [0.1, 0.15) is 40.9 Å². The molecule has 0 bridgehead atoms. The van der Waals surface area contributed by atoms with E-state index >= 15 is 0 Å². The maximum atomic E-state index is 13.7. The van der Waals surface area contributed by atoms with Crippen molar-refractivity contribution in [2.45, 2.75) is 58.7 Å². The first-order valence-electron chi connectivity index (χ1n) is 14.9. The Bertz CT molecular complexity index is 1650. The van der Waals surface area contributed by atoms with Gasteiger partial charge in [0.25, 0.3) is 5.91 Å². The molecule has 2 aromatic heterocycles. The maximum absolute atomic E-state index is 13.7. The normalized spacial score (nSPS) is 15.7. The number of rotatable bonds is 10. The molecule has 1 aliphatic rings. The molecule has 4 aromatic rings. The van der Waals surface area contributed by atoms with Crippen LogP contribution in [-0.4, -0.2) is 61.5 Å². The van der Waals surface area contributed by atoms with Crippen molar-refractivity contribution in [2.75, 3.05) is 25.4 Å². The van der Waals surface area contributed by atoms with Crippen molar-refractivity contribution in [3.8, 4) is 28.7 Å². The summed E-state index contributed by atoms with van der Waals surface area (Å²) in [6, 6.07) is 19.6. The van der Waals surface area contributed by atoms with Gasteiger partial charge in [0.15, 0.2) is 0 Å². The van der Waals surface area contributed by atoms with Crippen LogP contribution < -0.4 is 10.5 Å². The number of likely N-dealkylation sites (N-methyl/N-ethyl adjacent to an activating group) is 1. The molecule has 0 saturated carbocycles. The number of hydrogen-bond acceptors (Lipinski definition) is 7. The molecule has 2 aromatic carbocycles. The minimum Gasteiger partial charge on any atom is -0.457 e. The maximum Gasteiger partial charge on any atom is 0.264 e. The number of nitrogens with two attached hydrogens (primary N) is 1. The lowest BCUT2D eigenvalue weighted by atomic mass is 9.98. The fourth-order valence-corrected chi connectivity index (χ4v) is 6.13. The summed E-state index contributed by atoms with van der Waals surface area (Å²) in [5.41, 5.74) is 8.74. The standard InChI is InChI=1S/C34H39N7O2/c1-5-40(6-2)34(3,4)19-25(20-35)33(42)41-18-10-11-26(41)21-39-22-29(30-31(36)37-23-38-32(30)39)24-14-16-28(17-15-24)43-27-12-8-7-9-13-27/h7-9,12-17,19,22-23,26H,5-6,10-11,18,21H2,1-4H3,(H2,36,37,38)/b25-19+/t26-/m1/s1. The predicted molar refractivity (Wildman–Crippen MR) is 169 cm³/mol. The number of nitrogens with zero attached hydrogens (tertiary/aromatic N) is 6. The van der Waals surface area contributed by atoms with Gasteiger partial charge in [0, 0.05) is 30.4 Å². The average Bonchev–Trinajstić information content (AvgIpc) is 3.63. The van der Waals surface area contributed by atoms with Gasteiger partial charge in [-0.15, -0.1) is 0 Å². The lowest BCUT2D eigenvalue weighted by Crippen LogP contribution is -2.44. The summed E-state index contributed by atoms with van der Waals surface area (Å²) in [7, 11) is 0. The molecule has 9 heteroatoms. The minimum atomic E-state index is -0.416. The highest BCUT2D eigenvalue weighted by Crippen LogP contribution is 2.35. The first-order chi connectivity index (χ1) is 20.7. The molecule has 43 heavy (non-hydrogen) atoms. The Morgan fingerprint density at radius 1 is 1.12 bits per heavy atom. The van der Waals surface area contributed by atoms with Crippen LogP contribution in [0, 0.1) is 11.3 Å². The Morgan fingerprint density at radius 2 is 1.81 bits per heavy atom. The topological polar surface area (TPSA) is 113 Å². The lowest BCUT2D eigenvalue weighted by Gasteiger charge is -2.35. The number of carbonyl (C=O) groups excluding carboxylic acids is 1. The first kappa shape index (κ1) is 29.8. The van der Waals surface area contributed by atoms with Gasteiger partial charge < -0.3 is 19.9 Å². The van der Waals surface area contributed by atoms with E-state index in [0.717, 1.165) is 53.9 Å². The summed E-state index contributed by atoms with van der Waals surface area (Å²) in [5, 5.41) is 10.8. The van der Waals surface area contributed by atoms with Crippen molar-refractivity contribution >= 4 is 22.8 Å². The Kier molecular flexibility index (Phi) is 8.78. The second-order valence-corrected chi connectivity index (χ2v) is 11.4. The number of anilines is 1. The molecule has 1 fully saturated rings. The number of ether oxygens (including phenoxy) is 1. The fourth-order valence-electron chi connectivity index (χ4n) is 6.13. The molecular formula is C34H39N7O2. The highest BCUT2D eigenvalue weighted by atomic mass is 16.5. The number of carbonyl (C=O) groups is 1. The molecular weight excluding hydrogens is 538 g/mol. The highest BCUT2D eigenvalue weighted by molar-refractivity contribution is 6.01. The zero-order valence-corrected chi connectivity index (χ0v) is 25.3. The fraction of sp³-hybridized carbons (Fsp3) is 0.353. The van der Waals surface area contributed by atoms with E-state index in [4.69, 9.17) is 10.5 Å². The molecule has 1 amide bonds. The van der Waals surface area contributed by atoms with E-state index in [1.54, 1.807) is 0 Å². The van der Waals surface area contributed by atoms with Crippen LogP contribution in [0.1, 0.15) is 40.5 Å². The summed E-state index contributed by atoms with van der Waals surface area (Å²) in [6.45, 7) is 11.1. The Labute approximate surface area is 253 Å². The van der Waals surface area contributed by atoms with Crippen LogP contribution in [0.4, 0.5) is 5.82 Å². The van der Waals surface area contributed by atoms with Crippen LogP contribution in [0.2, 0.25) is 0 Å².